The van der Waals surface area contributed by atoms with E-state index in [4.69, 9.17) is 59.8 Å². The zero-order chi connectivity index (χ0) is 91.4. The van der Waals surface area contributed by atoms with Crippen LogP contribution in [0.25, 0.3) is 268 Å². The number of aromatic nitrogens is 12. The van der Waals surface area contributed by atoms with Crippen LogP contribution in [0.5, 0.6) is 0 Å². The first-order chi connectivity index (χ1) is 68.3. The third kappa shape index (κ3) is 15.4. The predicted molar refractivity (Wildman–Crippen MR) is 563 cm³/mol. The van der Waals surface area contributed by atoms with Gasteiger partial charge in [0.1, 0.15) is 0 Å². The molecule has 0 fully saturated rings. The molecule has 25 rings (SSSR count). The second-order valence-corrected chi connectivity index (χ2v) is 34.5. The predicted octanol–water partition coefficient (Wildman–Crippen LogP) is 31.4. The minimum atomic E-state index is 0.537. The Morgan fingerprint density at radius 3 is 0.471 bits per heavy atom. The van der Waals surface area contributed by atoms with Gasteiger partial charge >= 0.3 is 0 Å². The molecule has 0 bridgehead atoms. The topological polar surface area (TPSA) is 155 Å². The number of hydrogen-bond acceptors (Lipinski definition) is 12. The number of pyridine rings is 3. The lowest BCUT2D eigenvalue weighted by Gasteiger charge is -2.18. The van der Waals surface area contributed by atoms with E-state index in [1.807, 2.05) is 18.6 Å². The van der Waals surface area contributed by atoms with E-state index in [2.05, 4.69) is 455 Å². The molecule has 25 aromatic rings. The summed E-state index contributed by atoms with van der Waals surface area (Å²) in [6.45, 7) is 0. The van der Waals surface area contributed by atoms with Crippen molar-refractivity contribution in [1.82, 2.24) is 59.8 Å². The van der Waals surface area contributed by atoms with Crippen molar-refractivity contribution >= 4 is 64.6 Å². The molecule has 19 aromatic carbocycles. The van der Waals surface area contributed by atoms with E-state index in [1.165, 1.54) is 0 Å². The van der Waals surface area contributed by atoms with Gasteiger partial charge in [-0.05, 0) is 186 Å². The first kappa shape index (κ1) is 81.2. The minimum Gasteiger partial charge on any atom is -0.255 e. The van der Waals surface area contributed by atoms with Gasteiger partial charge in [-0.3, -0.25) is 15.0 Å². The molecule has 0 aliphatic heterocycles. The molecule has 0 N–H and O–H groups in total. The summed E-state index contributed by atoms with van der Waals surface area (Å²) in [5.41, 5.74) is 26.1. The third-order valence-corrected chi connectivity index (χ3v) is 26.3. The van der Waals surface area contributed by atoms with Gasteiger partial charge < -0.3 is 0 Å². The van der Waals surface area contributed by atoms with Gasteiger partial charge in [-0.25, -0.2) is 44.9 Å². The van der Waals surface area contributed by atoms with Crippen molar-refractivity contribution in [2.24, 2.45) is 0 Å². The van der Waals surface area contributed by atoms with Crippen LogP contribution in [0.1, 0.15) is 0 Å². The monoisotopic (exact) mass is 1760 g/mol. The summed E-state index contributed by atoms with van der Waals surface area (Å²) in [6.07, 6.45) is 5.64. The zero-order valence-corrected chi connectivity index (χ0v) is 74.4. The fraction of sp³-hybridized carbons (Fsp3) is 0. The summed E-state index contributed by atoms with van der Waals surface area (Å²) < 4.78 is 0. The smallest absolute Gasteiger partial charge is 0.165 e. The van der Waals surface area contributed by atoms with Crippen LogP contribution in [-0.2, 0) is 0 Å². The molecule has 0 amide bonds. The van der Waals surface area contributed by atoms with E-state index in [0.29, 0.717) is 52.4 Å². The van der Waals surface area contributed by atoms with Crippen LogP contribution in [-0.4, -0.2) is 59.8 Å². The van der Waals surface area contributed by atoms with Crippen LogP contribution in [0, 0.1) is 0 Å². The normalized spacial score (nSPS) is 11.5. The largest absolute Gasteiger partial charge is 0.255 e. The minimum absolute atomic E-state index is 0.537. The number of hydrogen-bond donors (Lipinski definition) is 0. The number of fused-ring (bicyclic) bond motifs is 6. The van der Waals surface area contributed by atoms with Crippen LogP contribution in [0.2, 0.25) is 0 Å². The standard InChI is InChI=1S/C126H78N12/c1-7-40-100-79(25-1)31-19-49-109(100)121-130-118(131-122(136-121)110-50-20-32-80-26-2-8-41-101(80)110)91-67-70-115(127-76-91)88-61-55-85(56-62-88)97-37-13-16-46-106(97)94-73-95(107-47-17-14-38-98(107)86-57-63-89(64-58-86)116-71-68-92(77-128-116)119-132-123(111-51-21-33-81-27-3-9-42-102(81)111)137-124(133-119)112-52-22-34-82-28-4-10-43-103(82)112)75-96(74-94)108-48-18-15-39-99(108)87-59-65-90(66-60-87)117-72-69-93(78-129-117)120-134-125(113-53-23-35-83-29-5-11-44-104(83)113)138-126(135-120)114-54-24-36-84-30-6-12-45-105(84)114/h1-78H. The van der Waals surface area contributed by atoms with Crippen LogP contribution in [0.3, 0.4) is 0 Å². The maximum atomic E-state index is 5.22. The Hall–Kier alpha value is -18.8. The van der Waals surface area contributed by atoms with E-state index in [-0.39, 0.29) is 0 Å². The van der Waals surface area contributed by atoms with E-state index in [0.717, 1.165) is 215 Å². The van der Waals surface area contributed by atoms with E-state index in [1.54, 1.807) is 0 Å². The summed E-state index contributed by atoms with van der Waals surface area (Å²) in [6, 6.07) is 160. The summed E-state index contributed by atoms with van der Waals surface area (Å²) in [5, 5.41) is 13.0. The molecule has 0 atom stereocenters. The van der Waals surface area contributed by atoms with Gasteiger partial charge in [0, 0.05) is 85.4 Å². The summed E-state index contributed by atoms with van der Waals surface area (Å²) >= 11 is 0. The molecule has 138 heavy (non-hydrogen) atoms. The highest BCUT2D eigenvalue weighted by Gasteiger charge is 2.24. The molecule has 0 spiro atoms. The maximum absolute atomic E-state index is 5.22. The molecule has 0 radical (unpaired) electrons. The van der Waals surface area contributed by atoms with Gasteiger partial charge in [-0.1, -0.05) is 400 Å². The number of rotatable bonds is 18. The number of nitrogens with zero attached hydrogens (tertiary/aromatic N) is 12. The highest BCUT2D eigenvalue weighted by Crippen LogP contribution is 2.46. The molecule has 0 unspecified atom stereocenters. The van der Waals surface area contributed by atoms with Gasteiger partial charge in [-0.15, -0.1) is 0 Å². The Bertz CT molecular complexity index is 7890. The first-order valence-corrected chi connectivity index (χ1v) is 46.2. The van der Waals surface area contributed by atoms with Gasteiger partial charge in [0.2, 0.25) is 0 Å². The fourth-order valence-corrected chi connectivity index (χ4v) is 19.4. The SMILES string of the molecule is c1ccc(-c2cc(-c3ccccc3-c3ccc(-c4ccc(-c5nc(-c6cccc7ccccc67)nc(-c6cccc7ccccc67)n5)cn4)cc3)cc(-c3ccccc3-c3ccc(-c4ccc(-c5nc(-c6cccc7ccccc67)nc(-c6cccc7ccccc67)n5)cn4)cc3)c2)c(-c2ccc(-c3ccc(-c4nc(-c5cccc6ccccc56)nc(-c5cccc6ccccc56)n4)cn3)cc2)c1. The Labute approximate surface area is 795 Å². The molecular formula is C126H78N12. The Balaban J connectivity index is 0.554. The highest BCUT2D eigenvalue weighted by molar-refractivity contribution is 6.03. The van der Waals surface area contributed by atoms with Crippen molar-refractivity contribution in [3.05, 3.63) is 474 Å². The average molecular weight is 1760 g/mol. The van der Waals surface area contributed by atoms with Crippen molar-refractivity contribution in [2.45, 2.75) is 0 Å². The lowest BCUT2D eigenvalue weighted by Crippen LogP contribution is -2.01. The Morgan fingerprint density at radius 2 is 0.268 bits per heavy atom. The quantitative estimate of drug-likeness (QED) is 0.0803. The summed E-state index contributed by atoms with van der Waals surface area (Å²) in [7, 11) is 0. The van der Waals surface area contributed by atoms with Crippen molar-refractivity contribution in [3.63, 3.8) is 0 Å². The highest BCUT2D eigenvalue weighted by atomic mass is 15.1. The van der Waals surface area contributed by atoms with Crippen LogP contribution in [0.15, 0.2) is 474 Å². The molecule has 0 saturated heterocycles. The maximum Gasteiger partial charge on any atom is 0.165 e. The summed E-state index contributed by atoms with van der Waals surface area (Å²) in [5.74, 6) is 5.16. The van der Waals surface area contributed by atoms with Crippen LogP contribution >= 0.6 is 0 Å². The second kappa shape index (κ2) is 35.1. The lowest BCUT2D eigenvalue weighted by molar-refractivity contribution is 1.07. The Kier molecular flexibility index (Phi) is 20.6. The lowest BCUT2D eigenvalue weighted by atomic mass is 9.86. The molecule has 6 aromatic heterocycles. The molecule has 0 aliphatic rings. The molecule has 6 heterocycles. The average Bonchev–Trinajstić information content (AvgIpc) is 0.947. The summed E-state index contributed by atoms with van der Waals surface area (Å²) in [4.78, 5) is 62.3. The van der Waals surface area contributed by atoms with Crippen molar-refractivity contribution in [2.75, 3.05) is 0 Å². The van der Waals surface area contributed by atoms with Gasteiger partial charge in [0.15, 0.2) is 52.4 Å². The molecule has 0 aliphatic carbocycles. The first-order valence-electron chi connectivity index (χ1n) is 46.2. The van der Waals surface area contributed by atoms with E-state index in [9.17, 15) is 0 Å². The van der Waals surface area contributed by atoms with Crippen LogP contribution in [0.4, 0.5) is 0 Å². The number of benzene rings is 19. The molecule has 12 nitrogen and oxygen atoms in total. The Morgan fingerprint density at radius 1 is 0.109 bits per heavy atom. The van der Waals surface area contributed by atoms with Crippen molar-refractivity contribution in [1.29, 1.82) is 0 Å². The van der Waals surface area contributed by atoms with Crippen molar-refractivity contribution < 1.29 is 0 Å². The van der Waals surface area contributed by atoms with E-state index < -0.39 is 0 Å². The second-order valence-electron chi connectivity index (χ2n) is 34.5. The third-order valence-electron chi connectivity index (χ3n) is 26.3. The van der Waals surface area contributed by atoms with Gasteiger partial charge in [0.25, 0.3) is 0 Å². The fourth-order valence-electron chi connectivity index (χ4n) is 19.4. The van der Waals surface area contributed by atoms with Crippen LogP contribution < -0.4 is 0 Å². The van der Waals surface area contributed by atoms with E-state index >= 15 is 0 Å². The van der Waals surface area contributed by atoms with Gasteiger partial charge in [-0.2, -0.15) is 0 Å². The molecule has 0 saturated carbocycles. The zero-order valence-electron chi connectivity index (χ0n) is 74.4. The molecular weight excluding hydrogens is 1680 g/mol. The van der Waals surface area contributed by atoms with Gasteiger partial charge in [0.05, 0.1) is 17.1 Å². The van der Waals surface area contributed by atoms with Crippen molar-refractivity contribution in [3.8, 4) is 203 Å². The molecule has 642 valence electrons. The molecule has 12 heteroatoms.